The van der Waals surface area contributed by atoms with Crippen LogP contribution < -0.4 is 0 Å². The Hall–Kier alpha value is -1.36. The molecule has 0 aromatic carbocycles. The van der Waals surface area contributed by atoms with Gasteiger partial charge in [0.05, 0.1) is 19.4 Å². The lowest BCUT2D eigenvalue weighted by Gasteiger charge is -2.23. The maximum atomic E-state index is 12.4. The molecule has 5 heteroatoms. The van der Waals surface area contributed by atoms with Gasteiger partial charge in [0.2, 0.25) is 5.91 Å². The molecular weight excluding hydrogens is 286 g/mol. The predicted molar refractivity (Wildman–Crippen MR) is 85.3 cm³/mol. The van der Waals surface area contributed by atoms with Crippen molar-refractivity contribution in [3.05, 3.63) is 22.4 Å². The zero-order valence-corrected chi connectivity index (χ0v) is 13.9. The Kier molecular flexibility index (Phi) is 8.05. The fourth-order valence-electron chi connectivity index (χ4n) is 1.91. The summed E-state index contributed by atoms with van der Waals surface area (Å²) in [6, 6.07) is 3.92. The first-order chi connectivity index (χ1) is 10.0. The van der Waals surface area contributed by atoms with E-state index in [-0.39, 0.29) is 18.3 Å². The second-order valence-electron chi connectivity index (χ2n) is 5.37. The molecule has 0 radical (unpaired) electrons. The van der Waals surface area contributed by atoms with Gasteiger partial charge in [-0.1, -0.05) is 19.9 Å². The summed E-state index contributed by atoms with van der Waals surface area (Å²) in [5.41, 5.74) is 0. The van der Waals surface area contributed by atoms with Crippen molar-refractivity contribution in [2.45, 2.75) is 40.0 Å². The van der Waals surface area contributed by atoms with E-state index in [0.717, 1.165) is 11.3 Å². The first kappa shape index (κ1) is 17.7. The summed E-state index contributed by atoms with van der Waals surface area (Å²) in [7, 11) is 0. The molecule has 0 unspecified atom stereocenters. The lowest BCUT2D eigenvalue weighted by Crippen LogP contribution is -2.35. The van der Waals surface area contributed by atoms with Gasteiger partial charge in [0.15, 0.2) is 0 Å². The van der Waals surface area contributed by atoms with Crippen LogP contribution >= 0.6 is 11.3 Å². The first-order valence-electron chi connectivity index (χ1n) is 7.48. The molecule has 1 heterocycles. The minimum Gasteiger partial charge on any atom is -0.466 e. The van der Waals surface area contributed by atoms with Crippen LogP contribution in [0.1, 0.15) is 38.5 Å². The first-order valence-corrected chi connectivity index (χ1v) is 8.36. The Morgan fingerprint density at radius 3 is 2.67 bits per heavy atom. The standard InChI is InChI=1S/C16H25NO3S/c1-4-20-16(19)8-10-17(9-7-13(2)3)15(18)12-14-6-5-11-21-14/h5-6,11,13H,4,7-10,12H2,1-3H3. The van der Waals surface area contributed by atoms with Crippen molar-refractivity contribution in [2.75, 3.05) is 19.7 Å². The smallest absolute Gasteiger partial charge is 0.307 e. The van der Waals surface area contributed by atoms with Crippen LogP contribution in [0, 0.1) is 5.92 Å². The summed E-state index contributed by atoms with van der Waals surface area (Å²) in [6.45, 7) is 7.57. The molecule has 0 atom stereocenters. The van der Waals surface area contributed by atoms with Gasteiger partial charge in [-0.05, 0) is 30.7 Å². The van der Waals surface area contributed by atoms with Crippen LogP contribution in [0.5, 0.6) is 0 Å². The molecule has 0 spiro atoms. The molecule has 21 heavy (non-hydrogen) atoms. The third-order valence-electron chi connectivity index (χ3n) is 3.13. The number of carbonyl (C=O) groups is 2. The van der Waals surface area contributed by atoms with Crippen molar-refractivity contribution < 1.29 is 14.3 Å². The molecule has 0 bridgehead atoms. The fraction of sp³-hybridized carbons (Fsp3) is 0.625. The molecule has 0 aliphatic rings. The largest absolute Gasteiger partial charge is 0.466 e. The molecule has 0 N–H and O–H groups in total. The quantitative estimate of drug-likeness (QED) is 0.658. The Bertz CT molecular complexity index is 429. The van der Waals surface area contributed by atoms with Crippen LogP contribution in [-0.4, -0.2) is 36.5 Å². The van der Waals surface area contributed by atoms with E-state index in [9.17, 15) is 9.59 Å². The van der Waals surface area contributed by atoms with Crippen molar-refractivity contribution in [3.63, 3.8) is 0 Å². The average Bonchev–Trinajstić information content (AvgIpc) is 2.91. The molecule has 0 aliphatic heterocycles. The Morgan fingerprint density at radius 2 is 2.10 bits per heavy atom. The summed E-state index contributed by atoms with van der Waals surface area (Å²) >= 11 is 1.59. The second-order valence-corrected chi connectivity index (χ2v) is 6.41. The van der Waals surface area contributed by atoms with Crippen LogP contribution in [0.15, 0.2) is 17.5 Å². The monoisotopic (exact) mass is 311 g/mol. The molecule has 4 nitrogen and oxygen atoms in total. The third kappa shape index (κ3) is 7.27. The minimum absolute atomic E-state index is 0.0856. The van der Waals surface area contributed by atoms with Gasteiger partial charge in [-0.2, -0.15) is 0 Å². The Morgan fingerprint density at radius 1 is 1.33 bits per heavy atom. The number of amides is 1. The molecule has 0 fully saturated rings. The number of thiophene rings is 1. The Labute approximate surface area is 131 Å². The van der Waals surface area contributed by atoms with Gasteiger partial charge in [-0.25, -0.2) is 0 Å². The lowest BCUT2D eigenvalue weighted by molar-refractivity contribution is -0.144. The molecule has 1 amide bonds. The third-order valence-corrected chi connectivity index (χ3v) is 4.00. The van der Waals surface area contributed by atoms with Crippen molar-refractivity contribution in [2.24, 2.45) is 5.92 Å². The van der Waals surface area contributed by atoms with Gasteiger partial charge in [-0.3, -0.25) is 9.59 Å². The van der Waals surface area contributed by atoms with Crippen molar-refractivity contribution >= 4 is 23.2 Å². The summed E-state index contributed by atoms with van der Waals surface area (Å²) in [5, 5.41) is 1.97. The van der Waals surface area contributed by atoms with Gasteiger partial charge >= 0.3 is 5.97 Å². The molecule has 1 rings (SSSR count). The van der Waals surface area contributed by atoms with Crippen LogP contribution in [-0.2, 0) is 20.7 Å². The van der Waals surface area contributed by atoms with E-state index in [2.05, 4.69) is 13.8 Å². The van der Waals surface area contributed by atoms with Gasteiger partial charge in [0.25, 0.3) is 0 Å². The number of rotatable bonds is 9. The molecule has 0 saturated heterocycles. The predicted octanol–water partition coefficient (Wildman–Crippen LogP) is 3.12. The highest BCUT2D eigenvalue weighted by Crippen LogP contribution is 2.12. The highest BCUT2D eigenvalue weighted by atomic mass is 32.1. The lowest BCUT2D eigenvalue weighted by atomic mass is 10.1. The van der Waals surface area contributed by atoms with Crippen LogP contribution in [0.2, 0.25) is 0 Å². The van der Waals surface area contributed by atoms with E-state index >= 15 is 0 Å². The minimum atomic E-state index is -0.240. The van der Waals surface area contributed by atoms with Gasteiger partial charge < -0.3 is 9.64 Å². The van der Waals surface area contributed by atoms with Gasteiger partial charge in [-0.15, -0.1) is 11.3 Å². The van der Waals surface area contributed by atoms with E-state index in [1.165, 1.54) is 0 Å². The van der Waals surface area contributed by atoms with Gasteiger partial charge in [0, 0.05) is 18.0 Å². The van der Waals surface area contributed by atoms with E-state index in [4.69, 9.17) is 4.74 Å². The molecule has 0 saturated carbocycles. The number of hydrogen-bond donors (Lipinski definition) is 0. The SMILES string of the molecule is CCOC(=O)CCN(CCC(C)C)C(=O)Cc1cccs1. The van der Waals surface area contributed by atoms with Crippen LogP contribution in [0.3, 0.4) is 0 Å². The highest BCUT2D eigenvalue weighted by Gasteiger charge is 2.16. The van der Waals surface area contributed by atoms with E-state index in [0.29, 0.717) is 32.0 Å². The fourth-order valence-corrected chi connectivity index (χ4v) is 2.60. The number of nitrogens with zero attached hydrogens (tertiary/aromatic N) is 1. The normalized spacial score (nSPS) is 10.7. The van der Waals surface area contributed by atoms with E-state index < -0.39 is 0 Å². The van der Waals surface area contributed by atoms with Crippen LogP contribution in [0.4, 0.5) is 0 Å². The molecule has 1 aromatic rings. The Balaban J connectivity index is 2.53. The molecule has 0 aliphatic carbocycles. The van der Waals surface area contributed by atoms with Crippen molar-refractivity contribution in [1.82, 2.24) is 4.90 Å². The van der Waals surface area contributed by atoms with Gasteiger partial charge in [0.1, 0.15) is 0 Å². The maximum absolute atomic E-state index is 12.4. The number of hydrogen-bond acceptors (Lipinski definition) is 4. The second kappa shape index (κ2) is 9.55. The summed E-state index contributed by atoms with van der Waals surface area (Å²) < 4.78 is 4.93. The highest BCUT2D eigenvalue weighted by molar-refractivity contribution is 7.10. The molecule has 118 valence electrons. The molecule has 1 aromatic heterocycles. The molecular formula is C16H25NO3S. The maximum Gasteiger partial charge on any atom is 0.307 e. The van der Waals surface area contributed by atoms with E-state index in [1.807, 2.05) is 17.5 Å². The topological polar surface area (TPSA) is 46.6 Å². The average molecular weight is 311 g/mol. The van der Waals surface area contributed by atoms with Crippen LogP contribution in [0.25, 0.3) is 0 Å². The summed E-state index contributed by atoms with van der Waals surface area (Å²) in [4.78, 5) is 26.7. The number of esters is 1. The zero-order chi connectivity index (χ0) is 15.7. The van der Waals surface area contributed by atoms with Crippen molar-refractivity contribution in [1.29, 1.82) is 0 Å². The zero-order valence-electron chi connectivity index (χ0n) is 13.1. The number of carbonyl (C=O) groups excluding carboxylic acids is 2. The summed E-state index contributed by atoms with van der Waals surface area (Å²) in [5.74, 6) is 0.378. The summed E-state index contributed by atoms with van der Waals surface area (Å²) in [6.07, 6.45) is 1.62. The number of ether oxygens (including phenoxy) is 1. The van der Waals surface area contributed by atoms with E-state index in [1.54, 1.807) is 23.2 Å². The van der Waals surface area contributed by atoms with Crippen molar-refractivity contribution in [3.8, 4) is 0 Å².